The minimum atomic E-state index is 0.694. The Morgan fingerprint density at radius 3 is 2.58 bits per heavy atom. The first-order chi connectivity index (χ1) is 9.00. The van der Waals surface area contributed by atoms with Gasteiger partial charge in [0.05, 0.1) is 13.2 Å². The molecule has 0 atom stereocenters. The van der Waals surface area contributed by atoms with E-state index in [2.05, 4.69) is 32.2 Å². The van der Waals surface area contributed by atoms with Crippen LogP contribution in [0.25, 0.3) is 0 Å². The van der Waals surface area contributed by atoms with Crippen molar-refractivity contribution < 1.29 is 4.74 Å². The monoisotopic (exact) mass is 283 g/mol. The minimum Gasteiger partial charge on any atom is -0.380 e. The molecule has 0 aliphatic heterocycles. The highest BCUT2D eigenvalue weighted by atomic mass is 35.5. The van der Waals surface area contributed by atoms with Gasteiger partial charge in [-0.05, 0) is 55.5 Å². The van der Waals surface area contributed by atoms with E-state index in [9.17, 15) is 0 Å². The van der Waals surface area contributed by atoms with Crippen LogP contribution in [0.2, 0.25) is 5.02 Å². The second kappa shape index (κ2) is 8.57. The highest BCUT2D eigenvalue weighted by Gasteiger charge is 2.03. The van der Waals surface area contributed by atoms with Crippen LogP contribution in [0, 0.1) is 19.8 Å². The van der Waals surface area contributed by atoms with Gasteiger partial charge in [-0.2, -0.15) is 0 Å². The second-order valence-corrected chi connectivity index (χ2v) is 5.90. The Morgan fingerprint density at radius 1 is 1.16 bits per heavy atom. The van der Waals surface area contributed by atoms with E-state index < -0.39 is 0 Å². The van der Waals surface area contributed by atoms with Crippen LogP contribution in [-0.2, 0) is 11.2 Å². The molecule has 0 aliphatic rings. The molecule has 2 nitrogen and oxygen atoms in total. The van der Waals surface area contributed by atoms with Crippen molar-refractivity contribution in [1.29, 1.82) is 0 Å². The maximum atomic E-state index is 6.09. The van der Waals surface area contributed by atoms with E-state index >= 15 is 0 Å². The maximum absolute atomic E-state index is 6.09. The zero-order valence-electron chi connectivity index (χ0n) is 12.6. The number of rotatable bonds is 8. The van der Waals surface area contributed by atoms with Gasteiger partial charge in [0.2, 0.25) is 0 Å². The number of aryl methyl sites for hydroxylation is 2. The summed E-state index contributed by atoms with van der Waals surface area (Å²) in [6.45, 7) is 12.1. The van der Waals surface area contributed by atoms with Crippen molar-refractivity contribution in [2.75, 3.05) is 26.3 Å². The lowest BCUT2D eigenvalue weighted by Crippen LogP contribution is -2.24. The molecule has 0 fully saturated rings. The van der Waals surface area contributed by atoms with Crippen molar-refractivity contribution in [3.05, 3.63) is 33.8 Å². The number of nitrogens with one attached hydrogen (secondary N) is 1. The van der Waals surface area contributed by atoms with Crippen molar-refractivity contribution in [2.45, 2.75) is 34.1 Å². The van der Waals surface area contributed by atoms with Gasteiger partial charge in [-0.15, -0.1) is 0 Å². The molecule has 1 aromatic carbocycles. The van der Waals surface area contributed by atoms with Crippen LogP contribution < -0.4 is 5.32 Å². The van der Waals surface area contributed by atoms with E-state index in [0.717, 1.165) is 43.3 Å². The van der Waals surface area contributed by atoms with Gasteiger partial charge >= 0.3 is 0 Å². The van der Waals surface area contributed by atoms with E-state index in [0.29, 0.717) is 5.92 Å². The van der Waals surface area contributed by atoms with Crippen LogP contribution in [0.5, 0.6) is 0 Å². The summed E-state index contributed by atoms with van der Waals surface area (Å²) in [6.07, 6.45) is 0.952. The fourth-order valence-electron chi connectivity index (χ4n) is 1.93. The van der Waals surface area contributed by atoms with E-state index in [-0.39, 0.29) is 0 Å². The SMILES string of the molecule is Cc1cc(CCOCCNCC(C)C)c(C)cc1Cl. The molecule has 19 heavy (non-hydrogen) atoms. The first-order valence-electron chi connectivity index (χ1n) is 7.04. The predicted octanol–water partition coefficient (Wildman–Crippen LogP) is 3.76. The van der Waals surface area contributed by atoms with Crippen molar-refractivity contribution in [2.24, 2.45) is 5.92 Å². The Bertz CT molecular complexity index is 391. The fraction of sp³-hybridized carbons (Fsp3) is 0.625. The van der Waals surface area contributed by atoms with Gasteiger partial charge in [-0.25, -0.2) is 0 Å². The molecule has 0 saturated carbocycles. The van der Waals surface area contributed by atoms with Crippen molar-refractivity contribution in [3.63, 3.8) is 0 Å². The Morgan fingerprint density at radius 2 is 1.89 bits per heavy atom. The molecule has 0 saturated heterocycles. The number of halogens is 1. The normalized spacial score (nSPS) is 11.3. The van der Waals surface area contributed by atoms with Crippen LogP contribution >= 0.6 is 11.6 Å². The van der Waals surface area contributed by atoms with Crippen LogP contribution in [0.1, 0.15) is 30.5 Å². The molecule has 1 rings (SSSR count). The molecule has 0 amide bonds. The van der Waals surface area contributed by atoms with Gasteiger partial charge in [0.25, 0.3) is 0 Å². The molecule has 3 heteroatoms. The van der Waals surface area contributed by atoms with Crippen LogP contribution in [0.3, 0.4) is 0 Å². The van der Waals surface area contributed by atoms with Crippen LogP contribution in [0.15, 0.2) is 12.1 Å². The molecular formula is C16H26ClNO. The molecule has 0 spiro atoms. The summed E-state index contributed by atoms with van der Waals surface area (Å²) in [5.41, 5.74) is 3.72. The molecule has 0 aliphatic carbocycles. The van der Waals surface area contributed by atoms with Gasteiger partial charge in [-0.3, -0.25) is 0 Å². The molecule has 1 aromatic rings. The Balaban J connectivity index is 2.21. The summed E-state index contributed by atoms with van der Waals surface area (Å²) in [6, 6.07) is 4.20. The number of hydrogen-bond acceptors (Lipinski definition) is 2. The number of ether oxygens (including phenoxy) is 1. The molecule has 0 unspecified atom stereocenters. The van der Waals surface area contributed by atoms with Gasteiger partial charge in [-0.1, -0.05) is 31.5 Å². The molecule has 1 N–H and O–H groups in total. The Labute approximate surface area is 122 Å². The van der Waals surface area contributed by atoms with Crippen LogP contribution in [-0.4, -0.2) is 26.3 Å². The minimum absolute atomic E-state index is 0.694. The largest absolute Gasteiger partial charge is 0.380 e. The van der Waals surface area contributed by atoms with E-state index in [1.165, 1.54) is 11.1 Å². The number of benzene rings is 1. The zero-order chi connectivity index (χ0) is 14.3. The summed E-state index contributed by atoms with van der Waals surface area (Å²) < 4.78 is 5.65. The van der Waals surface area contributed by atoms with E-state index in [1.807, 2.05) is 13.0 Å². The van der Waals surface area contributed by atoms with E-state index in [4.69, 9.17) is 16.3 Å². The third-order valence-corrected chi connectivity index (χ3v) is 3.52. The summed E-state index contributed by atoms with van der Waals surface area (Å²) in [4.78, 5) is 0. The predicted molar refractivity (Wildman–Crippen MR) is 83.2 cm³/mol. The zero-order valence-corrected chi connectivity index (χ0v) is 13.3. The van der Waals surface area contributed by atoms with Crippen molar-refractivity contribution in [1.82, 2.24) is 5.32 Å². The molecule has 0 bridgehead atoms. The lowest BCUT2D eigenvalue weighted by molar-refractivity contribution is 0.138. The Kier molecular flexibility index (Phi) is 7.44. The molecule has 0 heterocycles. The first-order valence-corrected chi connectivity index (χ1v) is 7.42. The van der Waals surface area contributed by atoms with Gasteiger partial charge in [0, 0.05) is 11.6 Å². The average molecular weight is 284 g/mol. The standard InChI is InChI=1S/C16H26ClNO/c1-12(2)11-18-6-8-19-7-5-15-9-14(4)16(17)10-13(15)3/h9-10,12,18H,5-8,11H2,1-4H3. The van der Waals surface area contributed by atoms with Gasteiger partial charge < -0.3 is 10.1 Å². The van der Waals surface area contributed by atoms with E-state index in [1.54, 1.807) is 0 Å². The van der Waals surface area contributed by atoms with Gasteiger partial charge in [0.15, 0.2) is 0 Å². The highest BCUT2D eigenvalue weighted by molar-refractivity contribution is 6.31. The summed E-state index contributed by atoms with van der Waals surface area (Å²) in [5, 5.41) is 4.22. The van der Waals surface area contributed by atoms with Crippen molar-refractivity contribution >= 4 is 11.6 Å². The smallest absolute Gasteiger partial charge is 0.0591 e. The van der Waals surface area contributed by atoms with Gasteiger partial charge in [0.1, 0.15) is 0 Å². The quantitative estimate of drug-likeness (QED) is 0.734. The molecule has 0 radical (unpaired) electrons. The first kappa shape index (κ1) is 16.5. The lowest BCUT2D eigenvalue weighted by atomic mass is 10.0. The summed E-state index contributed by atoms with van der Waals surface area (Å²) >= 11 is 6.09. The molecule has 108 valence electrons. The maximum Gasteiger partial charge on any atom is 0.0591 e. The molecule has 0 aromatic heterocycles. The second-order valence-electron chi connectivity index (χ2n) is 5.49. The Hall–Kier alpha value is -0.570. The third-order valence-electron chi connectivity index (χ3n) is 3.11. The summed E-state index contributed by atoms with van der Waals surface area (Å²) in [7, 11) is 0. The lowest BCUT2D eigenvalue weighted by Gasteiger charge is -2.10. The third kappa shape index (κ3) is 6.42. The summed E-state index contributed by atoms with van der Waals surface area (Å²) in [5.74, 6) is 0.694. The molecular weight excluding hydrogens is 258 g/mol. The fourth-order valence-corrected chi connectivity index (χ4v) is 2.15. The number of hydrogen-bond donors (Lipinski definition) is 1. The average Bonchev–Trinajstić information content (AvgIpc) is 2.33. The van der Waals surface area contributed by atoms with Crippen LogP contribution in [0.4, 0.5) is 0 Å². The van der Waals surface area contributed by atoms with Crippen molar-refractivity contribution in [3.8, 4) is 0 Å². The topological polar surface area (TPSA) is 21.3 Å². The highest BCUT2D eigenvalue weighted by Crippen LogP contribution is 2.20.